The van der Waals surface area contributed by atoms with E-state index in [4.69, 9.17) is 0 Å². The Morgan fingerprint density at radius 1 is 1.41 bits per heavy atom. The average Bonchev–Trinajstić information content (AvgIpc) is 2.60. The maximum atomic E-state index is 4.20. The minimum absolute atomic E-state index is 0. The highest BCUT2D eigenvalue weighted by Crippen LogP contribution is 2.21. The van der Waals surface area contributed by atoms with Crippen molar-refractivity contribution in [2.24, 2.45) is 0 Å². The lowest BCUT2D eigenvalue weighted by molar-refractivity contribution is 0.261. The molecule has 0 bridgehead atoms. The van der Waals surface area contributed by atoms with Crippen molar-refractivity contribution in [2.45, 2.75) is 31.8 Å². The molecule has 1 saturated heterocycles. The number of hydrogen-bond acceptors (Lipinski definition) is 4. The van der Waals surface area contributed by atoms with Gasteiger partial charge in [0, 0.05) is 31.0 Å². The summed E-state index contributed by atoms with van der Waals surface area (Å²) in [4.78, 5) is 10.8. The molecule has 0 radical (unpaired) electrons. The molecule has 0 saturated carbocycles. The molecule has 1 fully saturated rings. The molecule has 96 valence electrons. The van der Waals surface area contributed by atoms with Crippen LogP contribution in [0.5, 0.6) is 0 Å². The van der Waals surface area contributed by atoms with Gasteiger partial charge in [0.1, 0.15) is 0 Å². The summed E-state index contributed by atoms with van der Waals surface area (Å²) in [6.45, 7) is 3.19. The highest BCUT2D eigenvalue weighted by molar-refractivity contribution is 14.0. The molecule has 6 heteroatoms. The molecule has 2 rings (SSSR count). The number of aromatic nitrogens is 2. The van der Waals surface area contributed by atoms with Crippen LogP contribution < -0.4 is 5.32 Å². The first-order valence-corrected chi connectivity index (χ1v) is 6.39. The van der Waals surface area contributed by atoms with Gasteiger partial charge in [0.05, 0.1) is 4.47 Å². The van der Waals surface area contributed by atoms with Gasteiger partial charge < -0.3 is 5.32 Å². The summed E-state index contributed by atoms with van der Waals surface area (Å²) < 4.78 is 0.907. The van der Waals surface area contributed by atoms with Crippen molar-refractivity contribution >= 4 is 45.9 Å². The molecule has 2 atom stereocenters. The van der Waals surface area contributed by atoms with Gasteiger partial charge in [-0.1, -0.05) is 0 Å². The molecule has 1 N–H and O–H groups in total. The fraction of sp³-hybridized carbons (Fsp3) is 0.636. The van der Waals surface area contributed by atoms with Crippen LogP contribution in [0.15, 0.2) is 16.9 Å². The van der Waals surface area contributed by atoms with Crippen molar-refractivity contribution in [1.82, 2.24) is 14.9 Å². The van der Waals surface area contributed by atoms with Crippen molar-refractivity contribution in [1.29, 1.82) is 0 Å². The lowest BCUT2D eigenvalue weighted by atomic mass is 10.2. The predicted octanol–water partition coefficient (Wildman–Crippen LogP) is 2.75. The van der Waals surface area contributed by atoms with Crippen molar-refractivity contribution in [3.63, 3.8) is 0 Å². The van der Waals surface area contributed by atoms with Crippen molar-refractivity contribution < 1.29 is 0 Å². The number of nitrogens with zero attached hydrogens (tertiary/aromatic N) is 3. The van der Waals surface area contributed by atoms with Gasteiger partial charge >= 0.3 is 0 Å². The molecular formula is C11H18BrIN4. The van der Waals surface area contributed by atoms with Crippen LogP contribution in [-0.4, -0.2) is 40.5 Å². The minimum atomic E-state index is 0. The van der Waals surface area contributed by atoms with Gasteiger partial charge in [0.2, 0.25) is 5.95 Å². The van der Waals surface area contributed by atoms with E-state index in [-0.39, 0.29) is 24.0 Å². The van der Waals surface area contributed by atoms with E-state index in [2.05, 4.69) is 50.1 Å². The molecule has 0 unspecified atom stereocenters. The van der Waals surface area contributed by atoms with Gasteiger partial charge in [-0.3, -0.25) is 4.90 Å². The number of halogens is 2. The van der Waals surface area contributed by atoms with Gasteiger partial charge in [-0.25, -0.2) is 9.97 Å². The van der Waals surface area contributed by atoms with Crippen LogP contribution in [0.4, 0.5) is 5.95 Å². The lowest BCUT2D eigenvalue weighted by Gasteiger charge is -2.23. The second kappa shape index (κ2) is 6.84. The first-order valence-electron chi connectivity index (χ1n) is 5.60. The SMILES string of the molecule is C[C@H]1CC[C@@H](CNc2ncc(Br)cn2)N1C.I. The second-order valence-corrected chi connectivity index (χ2v) is 5.27. The van der Waals surface area contributed by atoms with Crippen LogP contribution in [-0.2, 0) is 0 Å². The first-order chi connectivity index (χ1) is 7.66. The summed E-state index contributed by atoms with van der Waals surface area (Å²) in [6, 6.07) is 1.29. The Morgan fingerprint density at radius 3 is 2.59 bits per heavy atom. The Hall–Kier alpha value is 0.0500. The topological polar surface area (TPSA) is 41.1 Å². The van der Waals surface area contributed by atoms with E-state index < -0.39 is 0 Å². The fourth-order valence-electron chi connectivity index (χ4n) is 2.06. The molecule has 0 aromatic carbocycles. The van der Waals surface area contributed by atoms with Gasteiger partial charge in [0.15, 0.2) is 0 Å². The number of rotatable bonds is 3. The zero-order chi connectivity index (χ0) is 11.5. The normalized spacial score (nSPS) is 24.4. The average molecular weight is 413 g/mol. The molecule has 0 spiro atoms. The standard InChI is InChI=1S/C11H17BrN4.HI/c1-8-3-4-10(16(8)2)7-15-11-13-5-9(12)6-14-11;/h5-6,8,10H,3-4,7H2,1-2H3,(H,13,14,15);1H/t8-,10-;/m0./s1. The van der Waals surface area contributed by atoms with E-state index in [0.29, 0.717) is 18.0 Å². The van der Waals surface area contributed by atoms with Gasteiger partial charge in [-0.2, -0.15) is 0 Å². The van der Waals surface area contributed by atoms with E-state index >= 15 is 0 Å². The molecule has 4 nitrogen and oxygen atoms in total. The third kappa shape index (κ3) is 4.03. The van der Waals surface area contributed by atoms with Crippen LogP contribution in [0.1, 0.15) is 19.8 Å². The molecule has 0 aliphatic carbocycles. The number of hydrogen-bond donors (Lipinski definition) is 1. The van der Waals surface area contributed by atoms with Gasteiger partial charge in [0.25, 0.3) is 0 Å². The Balaban J connectivity index is 0.00000144. The van der Waals surface area contributed by atoms with E-state index in [1.165, 1.54) is 12.8 Å². The number of likely N-dealkylation sites (tertiary alicyclic amines) is 1. The zero-order valence-corrected chi connectivity index (χ0v) is 14.0. The molecule has 1 aromatic heterocycles. The molecule has 1 aliphatic rings. The Kier molecular flexibility index (Phi) is 6.08. The summed E-state index contributed by atoms with van der Waals surface area (Å²) in [6.07, 6.45) is 6.05. The molecule has 17 heavy (non-hydrogen) atoms. The van der Waals surface area contributed by atoms with Crippen molar-refractivity contribution in [3.8, 4) is 0 Å². The van der Waals surface area contributed by atoms with E-state index in [1.807, 2.05) is 0 Å². The van der Waals surface area contributed by atoms with Crippen LogP contribution >= 0.6 is 39.9 Å². The van der Waals surface area contributed by atoms with Crippen LogP contribution in [0.2, 0.25) is 0 Å². The van der Waals surface area contributed by atoms with Crippen LogP contribution in [0.25, 0.3) is 0 Å². The summed E-state index contributed by atoms with van der Waals surface area (Å²) in [5.41, 5.74) is 0. The third-order valence-electron chi connectivity index (χ3n) is 3.31. The summed E-state index contributed by atoms with van der Waals surface area (Å²) in [5.74, 6) is 0.705. The maximum Gasteiger partial charge on any atom is 0.222 e. The summed E-state index contributed by atoms with van der Waals surface area (Å²) in [5, 5.41) is 3.28. The summed E-state index contributed by atoms with van der Waals surface area (Å²) in [7, 11) is 2.19. The Bertz CT molecular complexity index is 346. The third-order valence-corrected chi connectivity index (χ3v) is 3.71. The molecule has 0 amide bonds. The largest absolute Gasteiger partial charge is 0.353 e. The van der Waals surface area contributed by atoms with Gasteiger partial charge in [-0.05, 0) is 42.7 Å². The van der Waals surface area contributed by atoms with E-state index in [9.17, 15) is 0 Å². The molecule has 1 aromatic rings. The second-order valence-electron chi connectivity index (χ2n) is 4.35. The fourth-order valence-corrected chi connectivity index (χ4v) is 2.26. The number of likely N-dealkylation sites (N-methyl/N-ethyl adjacent to an activating group) is 1. The molecule has 1 aliphatic heterocycles. The van der Waals surface area contributed by atoms with Crippen molar-refractivity contribution in [2.75, 3.05) is 18.9 Å². The van der Waals surface area contributed by atoms with Gasteiger partial charge in [-0.15, -0.1) is 24.0 Å². The number of anilines is 1. The lowest BCUT2D eigenvalue weighted by Crippen LogP contribution is -2.35. The highest BCUT2D eigenvalue weighted by Gasteiger charge is 2.26. The quantitative estimate of drug-likeness (QED) is 0.775. The summed E-state index contributed by atoms with van der Waals surface area (Å²) >= 11 is 3.32. The molecule has 2 heterocycles. The number of nitrogens with one attached hydrogen (secondary N) is 1. The van der Waals surface area contributed by atoms with E-state index in [0.717, 1.165) is 11.0 Å². The van der Waals surface area contributed by atoms with Crippen molar-refractivity contribution in [3.05, 3.63) is 16.9 Å². The molecular weight excluding hydrogens is 395 g/mol. The van der Waals surface area contributed by atoms with E-state index in [1.54, 1.807) is 12.4 Å². The van der Waals surface area contributed by atoms with Crippen LogP contribution in [0.3, 0.4) is 0 Å². The highest BCUT2D eigenvalue weighted by atomic mass is 127. The Morgan fingerprint density at radius 2 is 2.06 bits per heavy atom. The minimum Gasteiger partial charge on any atom is -0.353 e. The smallest absolute Gasteiger partial charge is 0.222 e. The predicted molar refractivity (Wildman–Crippen MR) is 83.9 cm³/mol. The zero-order valence-electron chi connectivity index (χ0n) is 10.1. The maximum absolute atomic E-state index is 4.20. The first kappa shape index (κ1) is 15.1. The monoisotopic (exact) mass is 412 g/mol. The Labute approximate surface area is 128 Å². The van der Waals surface area contributed by atoms with Crippen LogP contribution in [0, 0.1) is 0 Å².